The summed E-state index contributed by atoms with van der Waals surface area (Å²) in [6.45, 7) is 0.573. The molecule has 2 heterocycles. The Bertz CT molecular complexity index is 1050. The minimum Gasteiger partial charge on any atom is -0.465 e. The van der Waals surface area contributed by atoms with Crippen LogP contribution >= 0.6 is 0 Å². The van der Waals surface area contributed by atoms with Crippen LogP contribution in [-0.4, -0.2) is 23.3 Å². The van der Waals surface area contributed by atoms with Gasteiger partial charge < -0.3 is 14.5 Å². The van der Waals surface area contributed by atoms with Crippen LogP contribution < -0.4 is 5.32 Å². The zero-order chi connectivity index (χ0) is 17.9. The molecule has 0 aliphatic heterocycles. The van der Waals surface area contributed by atoms with E-state index in [9.17, 15) is 4.79 Å². The summed E-state index contributed by atoms with van der Waals surface area (Å²) in [4.78, 5) is 11.5. The van der Waals surface area contributed by atoms with Gasteiger partial charge in [0, 0.05) is 16.6 Å². The molecule has 0 bridgehead atoms. The van der Waals surface area contributed by atoms with E-state index in [1.165, 1.54) is 7.11 Å². The SMILES string of the molecule is COC(=O)c1ccc(-c2ccc(CNc3ccc4[nH]ncc4c3)o2)cc1. The van der Waals surface area contributed by atoms with Crippen LogP contribution in [0.1, 0.15) is 16.1 Å². The van der Waals surface area contributed by atoms with E-state index in [0.29, 0.717) is 12.1 Å². The molecule has 2 aromatic heterocycles. The molecule has 0 aliphatic carbocycles. The third-order valence-corrected chi connectivity index (χ3v) is 4.16. The number of H-pyrrole nitrogens is 1. The number of aromatic nitrogens is 2. The Kier molecular flexibility index (Phi) is 4.15. The van der Waals surface area contributed by atoms with Gasteiger partial charge in [0.05, 0.1) is 30.9 Å². The van der Waals surface area contributed by atoms with E-state index < -0.39 is 0 Å². The van der Waals surface area contributed by atoms with Crippen molar-refractivity contribution in [3.63, 3.8) is 0 Å². The third-order valence-electron chi connectivity index (χ3n) is 4.16. The van der Waals surface area contributed by atoms with Crippen LogP contribution in [0.3, 0.4) is 0 Å². The molecule has 0 radical (unpaired) electrons. The van der Waals surface area contributed by atoms with Crippen molar-refractivity contribution < 1.29 is 13.9 Å². The van der Waals surface area contributed by atoms with E-state index in [1.54, 1.807) is 18.3 Å². The number of carbonyl (C=O) groups excluding carboxylic acids is 1. The van der Waals surface area contributed by atoms with Gasteiger partial charge in [-0.15, -0.1) is 0 Å². The van der Waals surface area contributed by atoms with Crippen molar-refractivity contribution in [2.24, 2.45) is 0 Å². The number of benzene rings is 2. The van der Waals surface area contributed by atoms with E-state index in [1.807, 2.05) is 42.5 Å². The summed E-state index contributed by atoms with van der Waals surface area (Å²) in [6, 6.07) is 17.0. The quantitative estimate of drug-likeness (QED) is 0.528. The molecule has 6 heteroatoms. The van der Waals surface area contributed by atoms with Gasteiger partial charge in [0.2, 0.25) is 0 Å². The maximum atomic E-state index is 11.5. The Hall–Kier alpha value is -3.54. The molecular formula is C20H17N3O3. The number of methoxy groups -OCH3 is 1. The number of aromatic amines is 1. The zero-order valence-electron chi connectivity index (χ0n) is 14.2. The van der Waals surface area contributed by atoms with Crippen LogP contribution in [0.25, 0.3) is 22.2 Å². The van der Waals surface area contributed by atoms with Gasteiger partial charge in [-0.3, -0.25) is 5.10 Å². The summed E-state index contributed by atoms with van der Waals surface area (Å²) >= 11 is 0. The number of rotatable bonds is 5. The maximum Gasteiger partial charge on any atom is 0.337 e. The number of nitrogens with zero attached hydrogens (tertiary/aromatic N) is 1. The Labute approximate surface area is 149 Å². The van der Waals surface area contributed by atoms with E-state index in [4.69, 9.17) is 9.15 Å². The predicted octanol–water partition coefficient (Wildman–Crippen LogP) is 4.22. The normalized spacial score (nSPS) is 10.8. The molecule has 130 valence electrons. The molecule has 4 rings (SSSR count). The van der Waals surface area contributed by atoms with Crippen LogP contribution in [-0.2, 0) is 11.3 Å². The predicted molar refractivity (Wildman–Crippen MR) is 98.9 cm³/mol. The fourth-order valence-electron chi connectivity index (χ4n) is 2.76. The molecule has 0 spiro atoms. The molecule has 0 aliphatic rings. The molecule has 26 heavy (non-hydrogen) atoms. The number of furan rings is 1. The first-order valence-corrected chi connectivity index (χ1v) is 8.17. The van der Waals surface area contributed by atoms with Crippen LogP contribution in [0.15, 0.2) is 65.2 Å². The number of hydrogen-bond donors (Lipinski definition) is 2. The Morgan fingerprint density at radius 2 is 2.00 bits per heavy atom. The first-order chi connectivity index (χ1) is 12.7. The summed E-state index contributed by atoms with van der Waals surface area (Å²) in [5.41, 5.74) is 3.42. The second kappa shape index (κ2) is 6.76. The first-order valence-electron chi connectivity index (χ1n) is 8.17. The summed E-state index contributed by atoms with van der Waals surface area (Å²) in [7, 11) is 1.37. The molecule has 0 amide bonds. The number of carbonyl (C=O) groups is 1. The molecule has 0 unspecified atom stereocenters. The Morgan fingerprint density at radius 1 is 1.15 bits per heavy atom. The first kappa shape index (κ1) is 16.0. The third kappa shape index (κ3) is 3.17. The number of anilines is 1. The van der Waals surface area contributed by atoms with Gasteiger partial charge in [-0.1, -0.05) is 12.1 Å². The topological polar surface area (TPSA) is 80.1 Å². The van der Waals surface area contributed by atoms with Crippen molar-refractivity contribution >= 4 is 22.6 Å². The summed E-state index contributed by atoms with van der Waals surface area (Å²) in [5.74, 6) is 1.23. The van der Waals surface area contributed by atoms with Crippen LogP contribution in [0.4, 0.5) is 5.69 Å². The lowest BCUT2D eigenvalue weighted by molar-refractivity contribution is 0.0600. The Balaban J connectivity index is 1.44. The van der Waals surface area contributed by atoms with E-state index >= 15 is 0 Å². The van der Waals surface area contributed by atoms with Gasteiger partial charge in [0.25, 0.3) is 0 Å². The highest BCUT2D eigenvalue weighted by Crippen LogP contribution is 2.24. The molecule has 4 aromatic rings. The van der Waals surface area contributed by atoms with Gasteiger partial charge >= 0.3 is 5.97 Å². The fourth-order valence-corrected chi connectivity index (χ4v) is 2.76. The van der Waals surface area contributed by atoms with E-state index in [0.717, 1.165) is 33.7 Å². The molecule has 0 saturated heterocycles. The summed E-state index contributed by atoms with van der Waals surface area (Å²) < 4.78 is 10.6. The molecule has 0 atom stereocenters. The van der Waals surface area contributed by atoms with E-state index in [2.05, 4.69) is 15.5 Å². The lowest BCUT2D eigenvalue weighted by Crippen LogP contribution is -2.00. The lowest BCUT2D eigenvalue weighted by Gasteiger charge is -2.04. The summed E-state index contributed by atoms with van der Waals surface area (Å²) in [5, 5.41) is 11.4. The lowest BCUT2D eigenvalue weighted by atomic mass is 10.1. The monoisotopic (exact) mass is 347 g/mol. The molecule has 2 aromatic carbocycles. The van der Waals surface area contributed by atoms with Crippen molar-refractivity contribution in [1.82, 2.24) is 10.2 Å². The van der Waals surface area contributed by atoms with Crippen molar-refractivity contribution in [1.29, 1.82) is 0 Å². The highest BCUT2D eigenvalue weighted by atomic mass is 16.5. The van der Waals surface area contributed by atoms with Crippen LogP contribution in [0.5, 0.6) is 0 Å². The number of hydrogen-bond acceptors (Lipinski definition) is 5. The average molecular weight is 347 g/mol. The molecule has 0 fully saturated rings. The average Bonchev–Trinajstić information content (AvgIpc) is 3.34. The van der Waals surface area contributed by atoms with Gasteiger partial charge in [-0.2, -0.15) is 5.10 Å². The van der Waals surface area contributed by atoms with Gasteiger partial charge in [0.1, 0.15) is 11.5 Å². The standard InChI is InChI=1S/C20H17N3O3/c1-25-20(24)14-4-2-13(3-5-14)19-9-7-17(26-19)12-21-16-6-8-18-15(10-16)11-22-23-18/h2-11,21H,12H2,1H3,(H,22,23). The number of fused-ring (bicyclic) bond motifs is 1. The fraction of sp³-hybridized carbons (Fsp3) is 0.100. The Morgan fingerprint density at radius 3 is 2.81 bits per heavy atom. The highest BCUT2D eigenvalue weighted by Gasteiger charge is 2.08. The molecular weight excluding hydrogens is 330 g/mol. The van der Waals surface area contributed by atoms with Crippen LogP contribution in [0.2, 0.25) is 0 Å². The number of nitrogens with one attached hydrogen (secondary N) is 2. The van der Waals surface area contributed by atoms with Gasteiger partial charge in [0.15, 0.2) is 0 Å². The van der Waals surface area contributed by atoms with Crippen molar-refractivity contribution in [3.05, 3.63) is 72.1 Å². The minimum absolute atomic E-state index is 0.351. The largest absolute Gasteiger partial charge is 0.465 e. The molecule has 0 saturated carbocycles. The van der Waals surface area contributed by atoms with Gasteiger partial charge in [-0.25, -0.2) is 4.79 Å². The summed E-state index contributed by atoms with van der Waals surface area (Å²) in [6.07, 6.45) is 1.80. The van der Waals surface area contributed by atoms with Crippen LogP contribution in [0, 0.1) is 0 Å². The minimum atomic E-state index is -0.351. The van der Waals surface area contributed by atoms with Crippen molar-refractivity contribution in [2.75, 3.05) is 12.4 Å². The highest BCUT2D eigenvalue weighted by molar-refractivity contribution is 5.89. The number of esters is 1. The van der Waals surface area contributed by atoms with Gasteiger partial charge in [-0.05, 0) is 42.5 Å². The smallest absolute Gasteiger partial charge is 0.337 e. The zero-order valence-corrected chi connectivity index (χ0v) is 14.2. The van der Waals surface area contributed by atoms with Crippen molar-refractivity contribution in [2.45, 2.75) is 6.54 Å². The second-order valence-corrected chi connectivity index (χ2v) is 5.86. The molecule has 2 N–H and O–H groups in total. The number of ether oxygens (including phenoxy) is 1. The maximum absolute atomic E-state index is 11.5. The second-order valence-electron chi connectivity index (χ2n) is 5.86. The molecule has 6 nitrogen and oxygen atoms in total. The van der Waals surface area contributed by atoms with E-state index in [-0.39, 0.29) is 5.97 Å². The van der Waals surface area contributed by atoms with Crippen molar-refractivity contribution in [3.8, 4) is 11.3 Å².